The van der Waals surface area contributed by atoms with Gasteiger partial charge in [-0.05, 0) is 19.0 Å². The molecular formula is C7H12F2N2. The molecule has 0 aromatic rings. The first kappa shape index (κ1) is 7.43. The van der Waals surface area contributed by atoms with Gasteiger partial charge in [0.25, 0.3) is 5.92 Å². The summed E-state index contributed by atoms with van der Waals surface area (Å²) in [6.07, 6.45) is 0. The van der Waals surface area contributed by atoms with E-state index in [1.807, 2.05) is 0 Å². The van der Waals surface area contributed by atoms with Gasteiger partial charge in [0.2, 0.25) is 0 Å². The molecule has 2 atom stereocenters. The smallest absolute Gasteiger partial charge is 0.264 e. The second-order valence-electron chi connectivity index (χ2n) is 3.42. The fourth-order valence-electron chi connectivity index (χ4n) is 2.00. The molecule has 2 nitrogen and oxygen atoms in total. The van der Waals surface area contributed by atoms with Gasteiger partial charge in [-0.1, -0.05) is 0 Å². The zero-order valence-electron chi connectivity index (χ0n) is 6.24. The van der Waals surface area contributed by atoms with Crippen molar-refractivity contribution in [1.29, 1.82) is 0 Å². The van der Waals surface area contributed by atoms with Crippen LogP contribution in [0.15, 0.2) is 0 Å². The SMILES string of the molecule is FC1(F)CNCC2CNCC21. The van der Waals surface area contributed by atoms with E-state index in [9.17, 15) is 8.78 Å². The molecule has 0 amide bonds. The van der Waals surface area contributed by atoms with Crippen molar-refractivity contribution in [3.8, 4) is 0 Å². The average Bonchev–Trinajstić information content (AvgIpc) is 2.34. The molecule has 0 aromatic heterocycles. The molecule has 4 heteroatoms. The van der Waals surface area contributed by atoms with Gasteiger partial charge < -0.3 is 10.6 Å². The Labute approximate surface area is 64.3 Å². The summed E-state index contributed by atoms with van der Waals surface area (Å²) in [6.45, 7) is 1.83. The van der Waals surface area contributed by atoms with Crippen molar-refractivity contribution in [2.45, 2.75) is 5.92 Å². The van der Waals surface area contributed by atoms with Crippen LogP contribution >= 0.6 is 0 Å². The lowest BCUT2D eigenvalue weighted by atomic mass is 9.87. The Morgan fingerprint density at radius 1 is 1.09 bits per heavy atom. The molecule has 2 unspecified atom stereocenters. The molecule has 0 saturated carbocycles. The summed E-state index contributed by atoms with van der Waals surface area (Å²) in [5.74, 6) is -2.78. The third-order valence-corrected chi connectivity index (χ3v) is 2.65. The monoisotopic (exact) mass is 162 g/mol. The van der Waals surface area contributed by atoms with Crippen molar-refractivity contribution in [3.63, 3.8) is 0 Å². The van der Waals surface area contributed by atoms with Gasteiger partial charge in [0, 0.05) is 12.5 Å². The number of piperidine rings is 1. The molecule has 0 bridgehead atoms. The Bertz CT molecular complexity index is 161. The molecule has 2 N–H and O–H groups in total. The maximum absolute atomic E-state index is 13.1. The topological polar surface area (TPSA) is 24.1 Å². The predicted octanol–water partition coefficient (Wildman–Crippen LogP) is 0.0605. The van der Waals surface area contributed by atoms with Gasteiger partial charge in [-0.3, -0.25) is 0 Å². The number of halogens is 2. The molecule has 0 aromatic carbocycles. The first-order valence-electron chi connectivity index (χ1n) is 3.99. The lowest BCUT2D eigenvalue weighted by Gasteiger charge is -2.33. The van der Waals surface area contributed by atoms with E-state index in [1.165, 1.54) is 0 Å². The normalized spacial score (nSPS) is 42.0. The molecule has 11 heavy (non-hydrogen) atoms. The summed E-state index contributed by atoms with van der Waals surface area (Å²) >= 11 is 0. The van der Waals surface area contributed by atoms with E-state index in [2.05, 4.69) is 10.6 Å². The second-order valence-corrected chi connectivity index (χ2v) is 3.42. The van der Waals surface area contributed by atoms with Gasteiger partial charge >= 0.3 is 0 Å². The van der Waals surface area contributed by atoms with Gasteiger partial charge in [0.15, 0.2) is 0 Å². The third kappa shape index (κ3) is 1.14. The van der Waals surface area contributed by atoms with Crippen LogP contribution in [0.2, 0.25) is 0 Å². The van der Waals surface area contributed by atoms with Crippen LogP contribution in [0, 0.1) is 11.8 Å². The van der Waals surface area contributed by atoms with E-state index in [4.69, 9.17) is 0 Å². The molecule has 0 radical (unpaired) electrons. The first-order chi connectivity index (χ1) is 5.20. The van der Waals surface area contributed by atoms with Crippen LogP contribution in [-0.4, -0.2) is 32.1 Å². The summed E-state index contributed by atoms with van der Waals surface area (Å²) < 4.78 is 26.1. The Morgan fingerprint density at radius 2 is 1.82 bits per heavy atom. The average molecular weight is 162 g/mol. The molecule has 2 fully saturated rings. The van der Waals surface area contributed by atoms with Crippen LogP contribution in [0.3, 0.4) is 0 Å². The predicted molar refractivity (Wildman–Crippen MR) is 37.7 cm³/mol. The molecular weight excluding hydrogens is 150 g/mol. The van der Waals surface area contributed by atoms with Crippen molar-refractivity contribution in [2.75, 3.05) is 26.2 Å². The summed E-state index contributed by atoms with van der Waals surface area (Å²) in [4.78, 5) is 0. The lowest BCUT2D eigenvalue weighted by molar-refractivity contribution is -0.0805. The molecule has 2 aliphatic heterocycles. The van der Waals surface area contributed by atoms with Crippen LogP contribution in [0.1, 0.15) is 0 Å². The van der Waals surface area contributed by atoms with Crippen molar-refractivity contribution < 1.29 is 8.78 Å². The molecule has 2 rings (SSSR count). The van der Waals surface area contributed by atoms with Gasteiger partial charge in [0.05, 0.1) is 6.54 Å². The van der Waals surface area contributed by atoms with Gasteiger partial charge in [-0.25, -0.2) is 8.78 Å². The minimum atomic E-state index is -2.49. The Balaban J connectivity index is 2.13. The zero-order chi connectivity index (χ0) is 7.90. The van der Waals surface area contributed by atoms with Crippen LogP contribution in [0.4, 0.5) is 8.78 Å². The minimum Gasteiger partial charge on any atom is -0.316 e. The zero-order valence-corrected chi connectivity index (χ0v) is 6.24. The van der Waals surface area contributed by atoms with Gasteiger partial charge in [0.1, 0.15) is 0 Å². The summed E-state index contributed by atoms with van der Waals surface area (Å²) in [5.41, 5.74) is 0. The quantitative estimate of drug-likeness (QED) is 0.526. The number of nitrogens with one attached hydrogen (secondary N) is 2. The molecule has 0 aliphatic carbocycles. The van der Waals surface area contributed by atoms with Crippen LogP contribution in [-0.2, 0) is 0 Å². The fraction of sp³-hybridized carbons (Fsp3) is 1.00. The van der Waals surface area contributed by atoms with E-state index in [0.29, 0.717) is 6.54 Å². The van der Waals surface area contributed by atoms with E-state index in [1.54, 1.807) is 0 Å². The highest BCUT2D eigenvalue weighted by Crippen LogP contribution is 2.34. The minimum absolute atomic E-state index is 0.138. The van der Waals surface area contributed by atoms with E-state index >= 15 is 0 Å². The van der Waals surface area contributed by atoms with Gasteiger partial charge in [-0.15, -0.1) is 0 Å². The molecule has 64 valence electrons. The first-order valence-corrected chi connectivity index (χ1v) is 3.99. The van der Waals surface area contributed by atoms with Gasteiger partial charge in [-0.2, -0.15) is 0 Å². The third-order valence-electron chi connectivity index (χ3n) is 2.65. The maximum Gasteiger partial charge on any atom is 0.264 e. The maximum atomic E-state index is 13.1. The van der Waals surface area contributed by atoms with Crippen molar-refractivity contribution in [3.05, 3.63) is 0 Å². The molecule has 0 spiro atoms. The molecule has 2 heterocycles. The van der Waals surface area contributed by atoms with E-state index in [-0.39, 0.29) is 12.5 Å². The second kappa shape index (κ2) is 2.38. The standard InChI is InChI=1S/C7H12F2N2/c8-7(9)4-11-2-5-1-10-3-6(5)7/h5-6,10-11H,1-4H2. The Morgan fingerprint density at radius 3 is 2.55 bits per heavy atom. The number of fused-ring (bicyclic) bond motifs is 1. The van der Waals surface area contributed by atoms with Crippen LogP contribution in [0.25, 0.3) is 0 Å². The number of alkyl halides is 2. The number of hydrogen-bond acceptors (Lipinski definition) is 2. The summed E-state index contributed by atoms with van der Waals surface area (Å²) in [6, 6.07) is 0. The number of hydrogen-bond donors (Lipinski definition) is 2. The largest absolute Gasteiger partial charge is 0.316 e. The highest BCUT2D eigenvalue weighted by Gasteiger charge is 2.48. The number of rotatable bonds is 0. The Hall–Kier alpha value is -0.220. The molecule has 2 aliphatic rings. The highest BCUT2D eigenvalue weighted by atomic mass is 19.3. The van der Waals surface area contributed by atoms with Crippen LogP contribution in [0.5, 0.6) is 0 Å². The van der Waals surface area contributed by atoms with Crippen molar-refractivity contribution in [2.24, 2.45) is 11.8 Å². The lowest BCUT2D eigenvalue weighted by Crippen LogP contribution is -2.50. The summed E-state index contributed by atoms with van der Waals surface area (Å²) in [7, 11) is 0. The van der Waals surface area contributed by atoms with Crippen molar-refractivity contribution >= 4 is 0 Å². The molecule has 2 saturated heterocycles. The van der Waals surface area contributed by atoms with E-state index in [0.717, 1.165) is 13.1 Å². The fourth-order valence-corrected chi connectivity index (χ4v) is 2.00. The van der Waals surface area contributed by atoms with Crippen LogP contribution < -0.4 is 10.6 Å². The highest BCUT2D eigenvalue weighted by molar-refractivity contribution is 4.96. The Kier molecular flexibility index (Phi) is 1.61. The van der Waals surface area contributed by atoms with Crippen molar-refractivity contribution in [1.82, 2.24) is 10.6 Å². The summed E-state index contributed by atoms with van der Waals surface area (Å²) in [5, 5.41) is 5.76. The van der Waals surface area contributed by atoms with E-state index < -0.39 is 11.8 Å².